The van der Waals surface area contributed by atoms with Crippen LogP contribution in [0, 0.1) is 0 Å². The zero-order valence-corrected chi connectivity index (χ0v) is 18.2. The number of rotatable bonds is 4. The van der Waals surface area contributed by atoms with Gasteiger partial charge in [0.15, 0.2) is 17.0 Å². The van der Waals surface area contributed by atoms with Gasteiger partial charge < -0.3 is 5.32 Å². The minimum Gasteiger partial charge on any atom is -0.347 e. The molecular weight excluding hydrogens is 488 g/mol. The topological polar surface area (TPSA) is 59.3 Å². The Morgan fingerprint density at radius 1 is 0.969 bits per heavy atom. The van der Waals surface area contributed by atoms with Gasteiger partial charge in [0.05, 0.1) is 5.69 Å². The van der Waals surface area contributed by atoms with Crippen molar-refractivity contribution in [2.45, 2.75) is 12.7 Å². The summed E-state index contributed by atoms with van der Waals surface area (Å²) < 4.78 is 41.8. The molecule has 4 aromatic rings. The van der Waals surface area contributed by atoms with Gasteiger partial charge in [-0.05, 0) is 35.9 Å². The number of benzene rings is 2. The number of nitrogens with zero attached hydrogens (tertiary/aromatic N) is 3. The van der Waals surface area contributed by atoms with E-state index < -0.39 is 17.8 Å². The maximum absolute atomic E-state index is 13.8. The molecule has 2 heterocycles. The third kappa shape index (κ3) is 4.53. The summed E-state index contributed by atoms with van der Waals surface area (Å²) in [7, 11) is 0. The number of alkyl halides is 3. The van der Waals surface area contributed by atoms with Crippen molar-refractivity contribution in [3.05, 3.63) is 86.6 Å². The Morgan fingerprint density at radius 3 is 2.16 bits per heavy atom. The van der Waals surface area contributed by atoms with E-state index in [-0.39, 0.29) is 28.6 Å². The Labute approximate surface area is 194 Å². The van der Waals surface area contributed by atoms with Gasteiger partial charge in [0, 0.05) is 22.2 Å². The molecule has 11 heteroatoms. The summed E-state index contributed by atoms with van der Waals surface area (Å²) in [6, 6.07) is 13.7. The van der Waals surface area contributed by atoms with Gasteiger partial charge in [-0.25, -0.2) is 9.50 Å². The number of carbonyl (C=O) groups excluding carboxylic acids is 1. The SMILES string of the molecule is O=C(NCc1ccc(Cl)cc1)c1nn2c(C(F)(F)F)cc(-c3ccc(Cl)cc3)nc2c1Cl. The molecule has 4 rings (SSSR count). The van der Waals surface area contributed by atoms with Crippen molar-refractivity contribution < 1.29 is 18.0 Å². The van der Waals surface area contributed by atoms with E-state index in [0.29, 0.717) is 20.1 Å². The average Bonchev–Trinajstić information content (AvgIpc) is 3.09. The first-order valence-electron chi connectivity index (χ1n) is 9.08. The van der Waals surface area contributed by atoms with E-state index in [1.54, 1.807) is 24.3 Å². The third-order valence-corrected chi connectivity index (χ3v) is 5.40. The van der Waals surface area contributed by atoms with Gasteiger partial charge in [0.1, 0.15) is 5.02 Å². The van der Waals surface area contributed by atoms with Crippen molar-refractivity contribution in [2.75, 3.05) is 0 Å². The number of fused-ring (bicyclic) bond motifs is 1. The number of amides is 1. The number of nitrogens with one attached hydrogen (secondary N) is 1. The zero-order valence-electron chi connectivity index (χ0n) is 15.9. The Hall–Kier alpha value is -2.81. The van der Waals surface area contributed by atoms with Crippen LogP contribution in [0.2, 0.25) is 15.1 Å². The maximum atomic E-state index is 13.8. The quantitative estimate of drug-likeness (QED) is 0.358. The van der Waals surface area contributed by atoms with E-state index in [0.717, 1.165) is 11.6 Å². The number of halogens is 6. The highest BCUT2D eigenvalue weighted by Gasteiger charge is 2.36. The van der Waals surface area contributed by atoms with Crippen LogP contribution in [0.3, 0.4) is 0 Å². The van der Waals surface area contributed by atoms with Gasteiger partial charge in [0.25, 0.3) is 5.91 Å². The lowest BCUT2D eigenvalue weighted by Gasteiger charge is -2.11. The van der Waals surface area contributed by atoms with E-state index in [1.807, 2.05) is 0 Å². The van der Waals surface area contributed by atoms with Crippen LogP contribution in [0.25, 0.3) is 16.9 Å². The number of carbonyl (C=O) groups is 1. The Morgan fingerprint density at radius 2 is 1.56 bits per heavy atom. The smallest absolute Gasteiger partial charge is 0.347 e. The largest absolute Gasteiger partial charge is 0.433 e. The molecule has 32 heavy (non-hydrogen) atoms. The lowest BCUT2D eigenvalue weighted by molar-refractivity contribution is -0.142. The second-order valence-electron chi connectivity index (χ2n) is 6.74. The molecular formula is C21H12Cl3F3N4O. The van der Waals surface area contributed by atoms with Crippen LogP contribution in [0.15, 0.2) is 54.6 Å². The van der Waals surface area contributed by atoms with Gasteiger partial charge in [-0.2, -0.15) is 18.3 Å². The van der Waals surface area contributed by atoms with Crippen molar-refractivity contribution in [3.8, 4) is 11.3 Å². The highest BCUT2D eigenvalue weighted by atomic mass is 35.5. The van der Waals surface area contributed by atoms with Crippen LogP contribution < -0.4 is 5.32 Å². The Bertz CT molecular complexity index is 1300. The highest BCUT2D eigenvalue weighted by molar-refractivity contribution is 6.36. The van der Waals surface area contributed by atoms with Crippen LogP contribution >= 0.6 is 34.8 Å². The molecule has 1 amide bonds. The predicted octanol–water partition coefficient (Wildman–Crippen LogP) is 6.31. The summed E-state index contributed by atoms with van der Waals surface area (Å²) in [5.74, 6) is -0.739. The molecule has 0 atom stereocenters. The number of hydrogen-bond donors (Lipinski definition) is 1. The summed E-state index contributed by atoms with van der Waals surface area (Å²) in [4.78, 5) is 16.8. The molecule has 2 aromatic carbocycles. The highest BCUT2D eigenvalue weighted by Crippen LogP contribution is 2.34. The van der Waals surface area contributed by atoms with Crippen molar-refractivity contribution in [3.63, 3.8) is 0 Å². The fourth-order valence-electron chi connectivity index (χ4n) is 2.98. The second-order valence-corrected chi connectivity index (χ2v) is 7.99. The molecule has 0 radical (unpaired) electrons. The van der Waals surface area contributed by atoms with E-state index in [4.69, 9.17) is 34.8 Å². The third-order valence-electron chi connectivity index (χ3n) is 4.54. The maximum Gasteiger partial charge on any atom is 0.433 e. The molecule has 1 N–H and O–H groups in total. The summed E-state index contributed by atoms with van der Waals surface area (Å²) >= 11 is 17.9. The van der Waals surface area contributed by atoms with Crippen LogP contribution in [-0.4, -0.2) is 20.5 Å². The Balaban J connectivity index is 1.74. The summed E-state index contributed by atoms with van der Waals surface area (Å²) in [5.41, 5.74) is -0.632. The lowest BCUT2D eigenvalue weighted by atomic mass is 10.1. The second kappa shape index (κ2) is 8.61. The molecule has 0 unspecified atom stereocenters. The first-order chi connectivity index (χ1) is 15.1. The summed E-state index contributed by atoms with van der Waals surface area (Å²) in [6.45, 7) is 0.107. The molecule has 5 nitrogen and oxygen atoms in total. The van der Waals surface area contributed by atoms with Gasteiger partial charge in [-0.3, -0.25) is 4.79 Å². The van der Waals surface area contributed by atoms with E-state index in [1.165, 1.54) is 24.3 Å². The molecule has 0 aliphatic heterocycles. The molecule has 0 aliphatic rings. The number of aromatic nitrogens is 3. The minimum atomic E-state index is -4.77. The number of hydrogen-bond acceptors (Lipinski definition) is 3. The van der Waals surface area contributed by atoms with E-state index in [9.17, 15) is 18.0 Å². The molecule has 0 bridgehead atoms. The van der Waals surface area contributed by atoms with Crippen molar-refractivity contribution in [2.24, 2.45) is 0 Å². The zero-order chi connectivity index (χ0) is 23.0. The minimum absolute atomic E-state index is 0.0106. The normalized spacial score (nSPS) is 11.7. The molecule has 0 aliphatic carbocycles. The van der Waals surface area contributed by atoms with Gasteiger partial charge in [-0.1, -0.05) is 59.1 Å². The average molecular weight is 500 g/mol. The van der Waals surface area contributed by atoms with Crippen molar-refractivity contribution >= 4 is 46.4 Å². The molecule has 0 saturated carbocycles. The van der Waals surface area contributed by atoms with E-state index in [2.05, 4.69) is 15.4 Å². The monoisotopic (exact) mass is 498 g/mol. The van der Waals surface area contributed by atoms with Gasteiger partial charge >= 0.3 is 6.18 Å². The van der Waals surface area contributed by atoms with Gasteiger partial charge in [0.2, 0.25) is 0 Å². The summed E-state index contributed by atoms with van der Waals surface area (Å²) in [5, 5.41) is 7.05. The van der Waals surface area contributed by atoms with Crippen LogP contribution in [0.4, 0.5) is 13.2 Å². The van der Waals surface area contributed by atoms with Crippen molar-refractivity contribution in [1.82, 2.24) is 19.9 Å². The summed E-state index contributed by atoms with van der Waals surface area (Å²) in [6.07, 6.45) is -4.77. The molecule has 0 saturated heterocycles. The predicted molar refractivity (Wildman–Crippen MR) is 116 cm³/mol. The van der Waals surface area contributed by atoms with Crippen LogP contribution in [-0.2, 0) is 12.7 Å². The van der Waals surface area contributed by atoms with Gasteiger partial charge in [-0.15, -0.1) is 0 Å². The molecule has 164 valence electrons. The molecule has 2 aromatic heterocycles. The first-order valence-corrected chi connectivity index (χ1v) is 10.2. The van der Waals surface area contributed by atoms with Crippen LogP contribution in [0.1, 0.15) is 21.7 Å². The molecule has 0 spiro atoms. The van der Waals surface area contributed by atoms with Crippen LogP contribution in [0.5, 0.6) is 0 Å². The standard InChI is InChI=1S/C21H12Cl3F3N4O/c22-13-5-1-11(2-6-13)10-28-20(32)18-17(24)19-29-15(12-3-7-14(23)8-4-12)9-16(21(25,26)27)31(19)30-18/h1-9H,10H2,(H,28,32). The fraction of sp³-hybridized carbons (Fsp3) is 0.0952. The first kappa shape index (κ1) is 22.4. The lowest BCUT2D eigenvalue weighted by Crippen LogP contribution is -2.23. The van der Waals surface area contributed by atoms with Crippen molar-refractivity contribution in [1.29, 1.82) is 0 Å². The Kier molecular flexibility index (Phi) is 6.03. The molecule has 0 fully saturated rings. The fourth-order valence-corrected chi connectivity index (χ4v) is 3.47. The van der Waals surface area contributed by atoms with E-state index >= 15 is 0 Å².